The molecule has 3 aromatic rings. The number of imidazole rings is 1. The van der Waals surface area contributed by atoms with Crippen molar-refractivity contribution in [3.05, 3.63) is 70.6 Å². The van der Waals surface area contributed by atoms with E-state index in [4.69, 9.17) is 0 Å². The van der Waals surface area contributed by atoms with E-state index < -0.39 is 0 Å². The van der Waals surface area contributed by atoms with Gasteiger partial charge in [-0.25, -0.2) is 4.79 Å². The summed E-state index contributed by atoms with van der Waals surface area (Å²) in [5, 5.41) is 3.38. The lowest BCUT2D eigenvalue weighted by atomic mass is 10.0. The Kier molecular flexibility index (Phi) is 5.16. The second-order valence-electron chi connectivity index (χ2n) is 5.95. The zero-order valence-electron chi connectivity index (χ0n) is 14.4. The highest BCUT2D eigenvalue weighted by molar-refractivity contribution is 5.76. The minimum atomic E-state index is 0.0375. The standard InChI is InChI=1S/C20H25N3O/c1-3-21-15-14-17(16-10-6-5-7-11-16)23-19-13-9-8-12-18(19)22(4-2)20(23)24/h5-13,17,21H,3-4,14-15H2,1-2H3. The van der Waals surface area contributed by atoms with Crippen LogP contribution in [0.1, 0.15) is 31.9 Å². The van der Waals surface area contributed by atoms with Crippen LogP contribution in [-0.2, 0) is 6.54 Å². The van der Waals surface area contributed by atoms with Crippen LogP contribution in [-0.4, -0.2) is 22.2 Å². The molecule has 0 bridgehead atoms. The molecule has 0 aliphatic carbocycles. The van der Waals surface area contributed by atoms with E-state index in [2.05, 4.69) is 24.4 Å². The first-order valence-corrected chi connectivity index (χ1v) is 8.73. The predicted molar refractivity (Wildman–Crippen MR) is 99.6 cm³/mol. The van der Waals surface area contributed by atoms with E-state index in [1.807, 2.05) is 58.5 Å². The number of para-hydroxylation sites is 2. The molecule has 24 heavy (non-hydrogen) atoms. The Bertz CT molecular complexity index is 848. The molecule has 4 heteroatoms. The summed E-state index contributed by atoms with van der Waals surface area (Å²) < 4.78 is 3.82. The topological polar surface area (TPSA) is 39.0 Å². The Morgan fingerprint density at radius 3 is 2.29 bits per heavy atom. The number of nitrogens with one attached hydrogen (secondary N) is 1. The van der Waals surface area contributed by atoms with E-state index in [0.29, 0.717) is 6.54 Å². The van der Waals surface area contributed by atoms with E-state index in [9.17, 15) is 4.79 Å². The van der Waals surface area contributed by atoms with Crippen LogP contribution in [0.15, 0.2) is 59.4 Å². The smallest absolute Gasteiger partial charge is 0.317 e. The molecule has 0 saturated carbocycles. The number of aryl methyl sites for hydroxylation is 1. The molecule has 1 atom stereocenters. The number of hydrogen-bond donors (Lipinski definition) is 1. The van der Waals surface area contributed by atoms with Gasteiger partial charge in [-0.1, -0.05) is 49.4 Å². The molecule has 0 radical (unpaired) electrons. The highest BCUT2D eigenvalue weighted by atomic mass is 16.1. The molecular weight excluding hydrogens is 298 g/mol. The maximum atomic E-state index is 13.1. The second-order valence-corrected chi connectivity index (χ2v) is 5.95. The summed E-state index contributed by atoms with van der Waals surface area (Å²) in [5.74, 6) is 0. The number of fused-ring (bicyclic) bond motifs is 1. The molecule has 2 aromatic carbocycles. The van der Waals surface area contributed by atoms with Gasteiger partial charge in [0.2, 0.25) is 0 Å². The van der Waals surface area contributed by atoms with Gasteiger partial charge >= 0.3 is 5.69 Å². The van der Waals surface area contributed by atoms with Gasteiger partial charge in [0.15, 0.2) is 0 Å². The van der Waals surface area contributed by atoms with Gasteiger partial charge in [0.1, 0.15) is 0 Å². The van der Waals surface area contributed by atoms with E-state index in [-0.39, 0.29) is 11.7 Å². The quantitative estimate of drug-likeness (QED) is 0.677. The van der Waals surface area contributed by atoms with Crippen molar-refractivity contribution in [1.82, 2.24) is 14.5 Å². The number of nitrogens with zero attached hydrogens (tertiary/aromatic N) is 2. The molecule has 1 aromatic heterocycles. The van der Waals surface area contributed by atoms with E-state index in [1.54, 1.807) is 0 Å². The van der Waals surface area contributed by atoms with Gasteiger partial charge in [-0.2, -0.15) is 0 Å². The minimum absolute atomic E-state index is 0.0375. The summed E-state index contributed by atoms with van der Waals surface area (Å²) in [6.45, 7) is 6.63. The fourth-order valence-corrected chi connectivity index (χ4v) is 3.37. The third kappa shape index (κ3) is 3.02. The van der Waals surface area contributed by atoms with E-state index in [0.717, 1.165) is 30.5 Å². The third-order valence-electron chi connectivity index (χ3n) is 4.53. The summed E-state index contributed by atoms with van der Waals surface area (Å²) in [6, 6.07) is 18.4. The molecule has 0 fully saturated rings. The maximum Gasteiger partial charge on any atom is 0.329 e. The Balaban J connectivity index is 2.16. The third-order valence-corrected chi connectivity index (χ3v) is 4.53. The van der Waals surface area contributed by atoms with Crippen molar-refractivity contribution in [1.29, 1.82) is 0 Å². The van der Waals surface area contributed by atoms with Crippen LogP contribution in [0.5, 0.6) is 0 Å². The minimum Gasteiger partial charge on any atom is -0.317 e. The molecule has 1 heterocycles. The van der Waals surface area contributed by atoms with Crippen molar-refractivity contribution in [3.63, 3.8) is 0 Å². The first-order chi connectivity index (χ1) is 11.8. The van der Waals surface area contributed by atoms with Crippen molar-refractivity contribution < 1.29 is 0 Å². The number of hydrogen-bond acceptors (Lipinski definition) is 2. The van der Waals surface area contributed by atoms with Gasteiger partial charge in [0, 0.05) is 6.54 Å². The molecular formula is C20H25N3O. The van der Waals surface area contributed by atoms with Crippen LogP contribution >= 0.6 is 0 Å². The van der Waals surface area contributed by atoms with Crippen LogP contribution in [0, 0.1) is 0 Å². The Morgan fingerprint density at radius 2 is 1.62 bits per heavy atom. The van der Waals surface area contributed by atoms with Crippen LogP contribution in [0.3, 0.4) is 0 Å². The highest BCUT2D eigenvalue weighted by Gasteiger charge is 2.21. The predicted octanol–water partition coefficient (Wildman–Crippen LogP) is 3.41. The summed E-state index contributed by atoms with van der Waals surface area (Å²) >= 11 is 0. The average Bonchev–Trinajstić information content (AvgIpc) is 2.91. The highest BCUT2D eigenvalue weighted by Crippen LogP contribution is 2.25. The zero-order chi connectivity index (χ0) is 16.9. The molecule has 1 N–H and O–H groups in total. The van der Waals surface area contributed by atoms with Crippen LogP contribution in [0.2, 0.25) is 0 Å². The Labute approximate surface area is 142 Å². The summed E-state index contributed by atoms with van der Waals surface area (Å²) in [4.78, 5) is 13.1. The molecule has 0 amide bonds. The maximum absolute atomic E-state index is 13.1. The van der Waals surface area contributed by atoms with Gasteiger partial charge in [-0.15, -0.1) is 0 Å². The molecule has 0 saturated heterocycles. The molecule has 126 valence electrons. The molecule has 0 aliphatic heterocycles. The Morgan fingerprint density at radius 1 is 0.958 bits per heavy atom. The van der Waals surface area contributed by atoms with Crippen molar-refractivity contribution in [2.75, 3.05) is 13.1 Å². The van der Waals surface area contributed by atoms with Gasteiger partial charge in [-0.05, 0) is 44.1 Å². The van der Waals surface area contributed by atoms with Crippen molar-refractivity contribution in [2.24, 2.45) is 0 Å². The normalized spacial score (nSPS) is 12.6. The Hall–Kier alpha value is -2.33. The number of benzene rings is 2. The van der Waals surface area contributed by atoms with Crippen molar-refractivity contribution >= 4 is 11.0 Å². The number of rotatable bonds is 7. The zero-order valence-corrected chi connectivity index (χ0v) is 14.4. The van der Waals surface area contributed by atoms with E-state index in [1.165, 1.54) is 5.56 Å². The lowest BCUT2D eigenvalue weighted by Crippen LogP contribution is -2.30. The molecule has 0 aliphatic rings. The van der Waals surface area contributed by atoms with Crippen LogP contribution < -0.4 is 11.0 Å². The monoisotopic (exact) mass is 323 g/mol. The number of aromatic nitrogens is 2. The van der Waals surface area contributed by atoms with Crippen molar-refractivity contribution in [2.45, 2.75) is 32.9 Å². The van der Waals surface area contributed by atoms with Gasteiger partial charge < -0.3 is 5.32 Å². The summed E-state index contributed by atoms with van der Waals surface area (Å²) in [5.41, 5.74) is 3.27. The molecule has 1 unspecified atom stereocenters. The lowest BCUT2D eigenvalue weighted by Gasteiger charge is -2.19. The largest absolute Gasteiger partial charge is 0.329 e. The average molecular weight is 323 g/mol. The first kappa shape index (κ1) is 16.5. The van der Waals surface area contributed by atoms with Crippen LogP contribution in [0.4, 0.5) is 0 Å². The summed E-state index contributed by atoms with van der Waals surface area (Å²) in [6.07, 6.45) is 0.884. The SMILES string of the molecule is CCNCCC(c1ccccc1)n1c(=O)n(CC)c2ccccc21. The molecule has 3 rings (SSSR count). The van der Waals surface area contributed by atoms with E-state index >= 15 is 0 Å². The molecule has 4 nitrogen and oxygen atoms in total. The second kappa shape index (κ2) is 7.49. The molecule has 0 spiro atoms. The fraction of sp³-hybridized carbons (Fsp3) is 0.350. The first-order valence-electron chi connectivity index (χ1n) is 8.73. The van der Waals surface area contributed by atoms with Crippen molar-refractivity contribution in [3.8, 4) is 0 Å². The fourth-order valence-electron chi connectivity index (χ4n) is 3.37. The summed E-state index contributed by atoms with van der Waals surface area (Å²) in [7, 11) is 0. The van der Waals surface area contributed by atoms with Gasteiger partial charge in [0.25, 0.3) is 0 Å². The lowest BCUT2D eigenvalue weighted by molar-refractivity contribution is 0.504. The van der Waals surface area contributed by atoms with Gasteiger partial charge in [-0.3, -0.25) is 9.13 Å². The van der Waals surface area contributed by atoms with Crippen LogP contribution in [0.25, 0.3) is 11.0 Å². The van der Waals surface area contributed by atoms with Gasteiger partial charge in [0.05, 0.1) is 17.1 Å².